The van der Waals surface area contributed by atoms with Crippen molar-refractivity contribution in [3.8, 4) is 0 Å². The molecule has 2 amide bonds. The fraction of sp³-hybridized carbons (Fsp3) is 0.579. The lowest BCUT2D eigenvalue weighted by molar-refractivity contribution is -0.124. The summed E-state index contributed by atoms with van der Waals surface area (Å²) in [6.45, 7) is 6.46. The lowest BCUT2D eigenvalue weighted by Gasteiger charge is -2.37. The third-order valence-corrected chi connectivity index (χ3v) is 5.49. The number of hydrogen-bond donors (Lipinski definition) is 2. The summed E-state index contributed by atoms with van der Waals surface area (Å²) in [4.78, 5) is 29.9. The van der Waals surface area contributed by atoms with Crippen LogP contribution in [0.25, 0.3) is 0 Å². The van der Waals surface area contributed by atoms with Crippen LogP contribution in [0.5, 0.6) is 0 Å². The van der Waals surface area contributed by atoms with E-state index in [0.29, 0.717) is 19.7 Å². The molecule has 0 aliphatic carbocycles. The van der Waals surface area contributed by atoms with E-state index in [2.05, 4.69) is 20.4 Å². The fourth-order valence-corrected chi connectivity index (χ4v) is 3.56. The zero-order valence-corrected chi connectivity index (χ0v) is 17.2. The molecule has 7 nitrogen and oxygen atoms in total. The van der Waals surface area contributed by atoms with E-state index in [9.17, 15) is 9.59 Å². The monoisotopic (exact) mass is 394 g/mol. The van der Waals surface area contributed by atoms with Crippen molar-refractivity contribution in [2.24, 2.45) is 0 Å². The molecule has 0 aromatic heterocycles. The molecule has 0 spiro atoms. The molecule has 1 fully saturated rings. The highest BCUT2D eigenvalue weighted by Crippen LogP contribution is 2.25. The molecule has 1 aliphatic heterocycles. The molecular formula is C19H30N4O3S. The Morgan fingerprint density at radius 2 is 1.93 bits per heavy atom. The second-order valence-electron chi connectivity index (χ2n) is 6.52. The molecule has 2 N–H and O–H groups in total. The minimum absolute atomic E-state index is 0.00209. The Morgan fingerprint density at radius 3 is 2.59 bits per heavy atom. The van der Waals surface area contributed by atoms with Crippen molar-refractivity contribution >= 4 is 29.3 Å². The Kier molecular flexibility index (Phi) is 9.06. The van der Waals surface area contributed by atoms with Gasteiger partial charge in [0.2, 0.25) is 11.8 Å². The van der Waals surface area contributed by atoms with E-state index in [-0.39, 0.29) is 17.9 Å². The van der Waals surface area contributed by atoms with Gasteiger partial charge in [-0.1, -0.05) is 12.1 Å². The number of carbonyl (C=O) groups is 2. The molecule has 1 aromatic rings. The van der Waals surface area contributed by atoms with Gasteiger partial charge in [0, 0.05) is 44.7 Å². The molecule has 1 aromatic carbocycles. The highest BCUT2D eigenvalue weighted by Gasteiger charge is 2.26. The number of thioether (sulfide) groups is 1. The number of ether oxygens (including phenoxy) is 1. The van der Waals surface area contributed by atoms with E-state index in [1.54, 1.807) is 18.9 Å². The summed E-state index contributed by atoms with van der Waals surface area (Å²) in [7, 11) is 1.61. The van der Waals surface area contributed by atoms with Crippen molar-refractivity contribution in [1.29, 1.82) is 0 Å². The molecule has 1 saturated heterocycles. The maximum absolute atomic E-state index is 12.6. The second kappa shape index (κ2) is 11.3. The van der Waals surface area contributed by atoms with Crippen molar-refractivity contribution in [3.05, 3.63) is 24.3 Å². The molecule has 2 rings (SSSR count). The molecule has 1 atom stereocenters. The Morgan fingerprint density at radius 1 is 1.22 bits per heavy atom. The van der Waals surface area contributed by atoms with Crippen LogP contribution in [0, 0.1) is 0 Å². The third kappa shape index (κ3) is 6.80. The summed E-state index contributed by atoms with van der Waals surface area (Å²) in [6.07, 6.45) is 2.00. The summed E-state index contributed by atoms with van der Waals surface area (Å²) in [5, 5.41) is 5.88. The van der Waals surface area contributed by atoms with E-state index in [1.165, 1.54) is 0 Å². The number of methoxy groups -OCH3 is 1. The molecule has 0 saturated carbocycles. The minimum atomic E-state index is -0.211. The van der Waals surface area contributed by atoms with E-state index in [1.807, 2.05) is 37.4 Å². The number of anilines is 1. The summed E-state index contributed by atoms with van der Waals surface area (Å²) in [5.74, 6) is 0.0159. The topological polar surface area (TPSA) is 73.9 Å². The van der Waals surface area contributed by atoms with E-state index >= 15 is 0 Å². The van der Waals surface area contributed by atoms with Gasteiger partial charge in [-0.2, -0.15) is 0 Å². The first-order valence-electron chi connectivity index (χ1n) is 9.21. The highest BCUT2D eigenvalue weighted by molar-refractivity contribution is 7.98. The molecule has 27 heavy (non-hydrogen) atoms. The lowest BCUT2D eigenvalue weighted by Crippen LogP contribution is -2.54. The Bertz CT molecular complexity index is 621. The molecule has 1 heterocycles. The van der Waals surface area contributed by atoms with Gasteiger partial charge >= 0.3 is 0 Å². The van der Waals surface area contributed by atoms with Crippen LogP contribution in [0.2, 0.25) is 0 Å². The third-order valence-electron chi connectivity index (χ3n) is 4.69. The number of piperazine rings is 1. The lowest BCUT2D eigenvalue weighted by atomic mass is 10.2. The normalized spacial score (nSPS) is 16.7. The van der Waals surface area contributed by atoms with Crippen molar-refractivity contribution in [3.63, 3.8) is 0 Å². The number of nitrogens with zero attached hydrogens (tertiary/aromatic N) is 2. The molecule has 150 valence electrons. The van der Waals surface area contributed by atoms with E-state index < -0.39 is 0 Å². The molecule has 8 heteroatoms. The summed E-state index contributed by atoms with van der Waals surface area (Å²) >= 11 is 1.62. The Labute approximate surface area is 165 Å². The van der Waals surface area contributed by atoms with Crippen LogP contribution in [0.15, 0.2) is 29.2 Å². The Balaban J connectivity index is 1.77. The van der Waals surface area contributed by atoms with Crippen molar-refractivity contribution in [1.82, 2.24) is 15.1 Å². The standard InChI is InChI=1S/C19H30N4O3S/c1-15(19(25)21-16-6-4-5-7-17(16)27-3)23-11-9-22(10-12-23)14-18(24)20-8-13-26-2/h4-7,15H,8-14H2,1-3H3,(H,20,24)(H,21,25). The number of nitrogens with one attached hydrogen (secondary N) is 2. The maximum atomic E-state index is 12.6. The molecule has 1 aliphatic rings. The van der Waals surface area contributed by atoms with Gasteiger partial charge in [0.1, 0.15) is 0 Å². The summed E-state index contributed by atoms with van der Waals surface area (Å²) in [6, 6.07) is 7.61. The van der Waals surface area contributed by atoms with Crippen LogP contribution in [-0.4, -0.2) is 86.9 Å². The fourth-order valence-electron chi connectivity index (χ4n) is 3.01. The zero-order chi connectivity index (χ0) is 19.6. The first-order chi connectivity index (χ1) is 13.0. The van der Waals surface area contributed by atoms with Gasteiger partial charge in [0.15, 0.2) is 0 Å². The van der Waals surface area contributed by atoms with Crippen LogP contribution in [0.3, 0.4) is 0 Å². The van der Waals surface area contributed by atoms with Gasteiger partial charge in [0.25, 0.3) is 0 Å². The Hall–Kier alpha value is -1.61. The average Bonchev–Trinajstić information content (AvgIpc) is 2.68. The summed E-state index contributed by atoms with van der Waals surface area (Å²) in [5.41, 5.74) is 0.855. The van der Waals surface area contributed by atoms with E-state index in [0.717, 1.165) is 36.8 Å². The number of rotatable bonds is 9. The average molecular weight is 395 g/mol. The van der Waals surface area contributed by atoms with Gasteiger partial charge < -0.3 is 15.4 Å². The van der Waals surface area contributed by atoms with Gasteiger partial charge in [-0.05, 0) is 25.3 Å². The summed E-state index contributed by atoms with van der Waals surface area (Å²) < 4.78 is 4.93. The largest absolute Gasteiger partial charge is 0.383 e. The first-order valence-corrected chi connectivity index (χ1v) is 10.4. The van der Waals surface area contributed by atoms with Gasteiger partial charge in [-0.3, -0.25) is 19.4 Å². The van der Waals surface area contributed by atoms with E-state index in [4.69, 9.17) is 4.74 Å². The molecule has 1 unspecified atom stereocenters. The van der Waals surface area contributed by atoms with Gasteiger partial charge in [-0.25, -0.2) is 0 Å². The van der Waals surface area contributed by atoms with Crippen molar-refractivity contribution < 1.29 is 14.3 Å². The number of hydrogen-bond acceptors (Lipinski definition) is 6. The minimum Gasteiger partial charge on any atom is -0.383 e. The number of para-hydroxylation sites is 1. The van der Waals surface area contributed by atoms with Gasteiger partial charge in [-0.15, -0.1) is 11.8 Å². The maximum Gasteiger partial charge on any atom is 0.241 e. The molecule has 0 bridgehead atoms. The van der Waals surface area contributed by atoms with Crippen LogP contribution >= 0.6 is 11.8 Å². The first kappa shape index (κ1) is 21.7. The predicted octanol–water partition coefficient (Wildman–Crippen LogP) is 1.12. The molecule has 0 radical (unpaired) electrons. The van der Waals surface area contributed by atoms with Crippen LogP contribution in [0.1, 0.15) is 6.92 Å². The SMILES string of the molecule is COCCNC(=O)CN1CCN(C(C)C(=O)Nc2ccccc2SC)CC1. The van der Waals surface area contributed by atoms with Crippen molar-refractivity contribution in [2.45, 2.75) is 17.9 Å². The quantitative estimate of drug-likeness (QED) is 0.483. The number of benzene rings is 1. The molecular weight excluding hydrogens is 364 g/mol. The number of amides is 2. The predicted molar refractivity (Wildman–Crippen MR) is 109 cm³/mol. The smallest absolute Gasteiger partial charge is 0.241 e. The second-order valence-corrected chi connectivity index (χ2v) is 7.37. The highest BCUT2D eigenvalue weighted by atomic mass is 32.2. The van der Waals surface area contributed by atoms with Crippen LogP contribution in [-0.2, 0) is 14.3 Å². The van der Waals surface area contributed by atoms with Crippen LogP contribution < -0.4 is 10.6 Å². The van der Waals surface area contributed by atoms with Gasteiger partial charge in [0.05, 0.1) is 24.9 Å². The van der Waals surface area contributed by atoms with Crippen molar-refractivity contribution in [2.75, 3.05) is 64.6 Å². The zero-order valence-electron chi connectivity index (χ0n) is 16.4. The number of carbonyl (C=O) groups excluding carboxylic acids is 2. The van der Waals surface area contributed by atoms with Crippen LogP contribution in [0.4, 0.5) is 5.69 Å².